The summed E-state index contributed by atoms with van der Waals surface area (Å²) in [6.45, 7) is 1.04. The van der Waals surface area contributed by atoms with E-state index in [2.05, 4.69) is 15.0 Å². The third kappa shape index (κ3) is 6.55. The number of nitrogens with two attached hydrogens (primary N) is 1. The molecule has 3 N–H and O–H groups in total. The molecule has 1 aliphatic heterocycles. The average molecular weight is 587 g/mol. The zero-order chi connectivity index (χ0) is 29.4. The number of piperidine rings is 1. The van der Waals surface area contributed by atoms with Crippen molar-refractivity contribution in [1.82, 2.24) is 4.98 Å². The minimum atomic E-state index is -4.79. The second kappa shape index (κ2) is 11.1. The van der Waals surface area contributed by atoms with Crippen molar-refractivity contribution in [1.29, 1.82) is 0 Å². The summed E-state index contributed by atoms with van der Waals surface area (Å²) in [5.74, 6) is -1.35. The second-order valence-corrected chi connectivity index (χ2v) is 10.6. The van der Waals surface area contributed by atoms with Gasteiger partial charge in [-0.2, -0.15) is 13.2 Å². The number of ether oxygens (including phenoxy) is 1. The lowest BCUT2D eigenvalue weighted by molar-refractivity contribution is -0.274. The molecule has 2 aromatic carbocycles. The van der Waals surface area contributed by atoms with Gasteiger partial charge in [-0.05, 0) is 74.1 Å². The molecular weight excluding hydrogens is 557 g/mol. The molecule has 13 heteroatoms. The van der Waals surface area contributed by atoms with E-state index in [1.54, 1.807) is 0 Å². The van der Waals surface area contributed by atoms with Gasteiger partial charge in [-0.25, -0.2) is 9.37 Å². The van der Waals surface area contributed by atoms with Crippen LogP contribution in [0.15, 0.2) is 53.1 Å². The van der Waals surface area contributed by atoms with E-state index < -0.39 is 29.5 Å². The Hall–Kier alpha value is -3.48. The number of nitrogens with zero attached hydrogens (tertiary/aromatic N) is 2. The molecule has 0 amide bonds. The summed E-state index contributed by atoms with van der Waals surface area (Å²) in [6.07, 6.45) is -3.27. The molecule has 1 saturated carbocycles. The van der Waals surface area contributed by atoms with Gasteiger partial charge in [0, 0.05) is 35.9 Å². The van der Waals surface area contributed by atoms with E-state index in [-0.39, 0.29) is 23.7 Å². The van der Waals surface area contributed by atoms with E-state index in [4.69, 9.17) is 10.2 Å². The number of benzene rings is 2. The van der Waals surface area contributed by atoms with E-state index in [1.807, 2.05) is 4.90 Å². The highest BCUT2D eigenvalue weighted by molar-refractivity contribution is 5.58. The van der Waals surface area contributed by atoms with E-state index in [9.17, 15) is 30.7 Å². The predicted octanol–water partition coefficient (Wildman–Crippen LogP) is 7.37. The van der Waals surface area contributed by atoms with Gasteiger partial charge < -0.3 is 25.1 Å². The fourth-order valence-electron chi connectivity index (χ4n) is 5.94. The van der Waals surface area contributed by atoms with Crippen LogP contribution in [0.1, 0.15) is 44.1 Å². The molecule has 6 nitrogen and oxygen atoms in total. The molecule has 2 fully saturated rings. The highest BCUT2D eigenvalue weighted by Crippen LogP contribution is 2.40. The van der Waals surface area contributed by atoms with Crippen LogP contribution in [0.3, 0.4) is 0 Å². The molecule has 222 valence electrons. The topological polar surface area (TPSA) is 76.5 Å². The van der Waals surface area contributed by atoms with E-state index >= 15 is 0 Å². The monoisotopic (exact) mass is 586 g/mol. The first-order chi connectivity index (χ1) is 19.3. The molecule has 0 bridgehead atoms. The normalized spacial score (nSPS) is 23.9. The Morgan fingerprint density at radius 2 is 1.76 bits per heavy atom. The van der Waals surface area contributed by atoms with Gasteiger partial charge in [0.25, 0.3) is 6.01 Å². The van der Waals surface area contributed by atoms with Gasteiger partial charge in [0.15, 0.2) is 5.76 Å². The molecular formula is C28H29F7N4O2. The summed E-state index contributed by atoms with van der Waals surface area (Å²) < 4.78 is 100. The van der Waals surface area contributed by atoms with Gasteiger partial charge in [0.1, 0.15) is 11.6 Å². The molecule has 0 spiro atoms. The van der Waals surface area contributed by atoms with Gasteiger partial charge in [-0.3, -0.25) is 0 Å². The largest absolute Gasteiger partial charge is 0.573 e. The van der Waals surface area contributed by atoms with Crippen molar-refractivity contribution >= 4 is 11.7 Å². The maximum Gasteiger partial charge on any atom is 0.573 e. The number of rotatable bonds is 6. The fourth-order valence-corrected chi connectivity index (χ4v) is 5.94. The lowest BCUT2D eigenvalue weighted by Gasteiger charge is -2.50. The fraction of sp³-hybridized carbons (Fsp3) is 0.464. The molecule has 1 aliphatic carbocycles. The summed E-state index contributed by atoms with van der Waals surface area (Å²) in [7, 11) is 0. The minimum Gasteiger partial charge on any atom is -0.424 e. The number of anilines is 2. The van der Waals surface area contributed by atoms with E-state index in [1.165, 1.54) is 36.5 Å². The van der Waals surface area contributed by atoms with Crippen molar-refractivity contribution in [2.75, 3.05) is 23.3 Å². The quantitative estimate of drug-likeness (QED) is 0.294. The van der Waals surface area contributed by atoms with Crippen LogP contribution in [0.25, 0.3) is 11.3 Å². The van der Waals surface area contributed by atoms with Crippen LogP contribution < -0.4 is 20.7 Å². The van der Waals surface area contributed by atoms with Crippen LogP contribution in [-0.4, -0.2) is 36.0 Å². The lowest BCUT2D eigenvalue weighted by Crippen LogP contribution is -2.63. The lowest BCUT2D eigenvalue weighted by atomic mass is 9.67. The van der Waals surface area contributed by atoms with Crippen molar-refractivity contribution in [2.45, 2.75) is 62.6 Å². The SMILES string of the molecule is NC1([C@H]2CCCN(c3ccc(C(F)(F)F)c(F)c3)C2)CCCCC1Nc1ncc(-c2ccc(OC(F)(F)F)cc2)o1. The molecule has 2 unspecified atom stereocenters. The van der Waals surface area contributed by atoms with Gasteiger partial charge in [-0.15, -0.1) is 13.2 Å². The van der Waals surface area contributed by atoms with Gasteiger partial charge in [0.2, 0.25) is 0 Å². The Kier molecular flexibility index (Phi) is 7.84. The zero-order valence-corrected chi connectivity index (χ0v) is 21.9. The molecule has 2 aliphatic rings. The molecule has 1 saturated heterocycles. The first-order valence-corrected chi connectivity index (χ1v) is 13.3. The molecule has 2 heterocycles. The van der Waals surface area contributed by atoms with Gasteiger partial charge >= 0.3 is 12.5 Å². The maximum atomic E-state index is 14.3. The molecule has 3 atom stereocenters. The summed E-state index contributed by atoms with van der Waals surface area (Å²) in [5.41, 5.74) is 5.98. The third-order valence-corrected chi connectivity index (χ3v) is 7.98. The van der Waals surface area contributed by atoms with E-state index in [0.717, 1.165) is 44.2 Å². The van der Waals surface area contributed by atoms with Crippen molar-refractivity contribution in [3.05, 3.63) is 60.0 Å². The Balaban J connectivity index is 1.29. The zero-order valence-electron chi connectivity index (χ0n) is 21.9. The van der Waals surface area contributed by atoms with Crippen molar-refractivity contribution in [3.63, 3.8) is 0 Å². The van der Waals surface area contributed by atoms with Crippen LogP contribution in [0.5, 0.6) is 5.75 Å². The van der Waals surface area contributed by atoms with Crippen LogP contribution in [0.4, 0.5) is 42.4 Å². The number of hydrogen-bond acceptors (Lipinski definition) is 6. The summed E-state index contributed by atoms with van der Waals surface area (Å²) in [4.78, 5) is 6.17. The van der Waals surface area contributed by atoms with Gasteiger partial charge in [0.05, 0.1) is 11.8 Å². The molecule has 1 aromatic heterocycles. The first-order valence-electron chi connectivity index (χ1n) is 13.3. The number of aromatic nitrogens is 1. The number of halogens is 7. The Morgan fingerprint density at radius 3 is 2.44 bits per heavy atom. The van der Waals surface area contributed by atoms with Crippen molar-refractivity contribution in [2.24, 2.45) is 11.7 Å². The molecule has 3 aromatic rings. The van der Waals surface area contributed by atoms with Crippen molar-refractivity contribution in [3.8, 4) is 17.1 Å². The maximum absolute atomic E-state index is 14.3. The molecule has 5 rings (SSSR count). The smallest absolute Gasteiger partial charge is 0.424 e. The highest BCUT2D eigenvalue weighted by atomic mass is 19.4. The van der Waals surface area contributed by atoms with Crippen LogP contribution in [0.2, 0.25) is 0 Å². The standard InChI is InChI=1S/C28H29F7N4O2/c29-22-14-19(8-11-21(22)27(30,31)32)39-13-3-4-18(16-39)26(36)12-2-1-5-24(26)38-25-37-15-23(40-25)17-6-9-20(10-7-17)41-28(33,34)35/h6-11,14-15,18,24H,1-5,12-13,16,36H2,(H,37,38)/t18-,24?,26?/m0/s1. The number of oxazole rings is 1. The average Bonchev–Trinajstić information content (AvgIpc) is 3.37. The van der Waals surface area contributed by atoms with Crippen LogP contribution in [-0.2, 0) is 6.18 Å². The first kappa shape index (κ1) is 29.0. The number of alkyl halides is 6. The summed E-state index contributed by atoms with van der Waals surface area (Å²) >= 11 is 0. The molecule has 41 heavy (non-hydrogen) atoms. The molecule has 0 radical (unpaired) electrons. The third-order valence-electron chi connectivity index (χ3n) is 7.98. The summed E-state index contributed by atoms with van der Waals surface area (Å²) in [5, 5.41) is 3.31. The van der Waals surface area contributed by atoms with Crippen LogP contribution in [0, 0.1) is 11.7 Å². The van der Waals surface area contributed by atoms with E-state index in [0.29, 0.717) is 36.5 Å². The minimum absolute atomic E-state index is 0.0324. The van der Waals surface area contributed by atoms with Crippen molar-refractivity contribution < 1.29 is 39.9 Å². The Morgan fingerprint density at radius 1 is 1.00 bits per heavy atom. The number of nitrogens with one attached hydrogen (secondary N) is 1. The number of hydrogen-bond donors (Lipinski definition) is 2. The predicted molar refractivity (Wildman–Crippen MR) is 138 cm³/mol. The van der Waals surface area contributed by atoms with Crippen LogP contribution >= 0.6 is 0 Å². The van der Waals surface area contributed by atoms with Gasteiger partial charge in [-0.1, -0.05) is 12.8 Å². The second-order valence-electron chi connectivity index (χ2n) is 10.6. The Bertz CT molecular complexity index is 1340. The Labute approximate surface area is 231 Å². The highest BCUT2D eigenvalue weighted by Gasteiger charge is 2.46. The summed E-state index contributed by atoms with van der Waals surface area (Å²) in [6, 6.07) is 8.22.